The molecule has 0 saturated heterocycles. The van der Waals surface area contributed by atoms with Crippen molar-refractivity contribution in [2.24, 2.45) is 0 Å². The molecule has 0 atom stereocenters. The van der Waals surface area contributed by atoms with Crippen molar-refractivity contribution >= 4 is 33.6 Å². The van der Waals surface area contributed by atoms with Crippen molar-refractivity contribution in [2.75, 3.05) is 0 Å². The summed E-state index contributed by atoms with van der Waals surface area (Å²) in [6.07, 6.45) is 9.19. The highest BCUT2D eigenvalue weighted by Gasteiger charge is 2.42. The molecule has 0 aromatic heterocycles. The molecule has 5 rings (SSSR count). The minimum absolute atomic E-state index is 0.00239. The molecule has 0 bridgehead atoms. The van der Waals surface area contributed by atoms with Crippen LogP contribution in [-0.4, -0.2) is 11.6 Å². The standard InChI is InChI=1S/C23H15BrO2/c1-23(2)17-6-4-3-5-12(17)9-15-18(23)11-13-14(22(15)26)10-16-19(24)7-8-20(25)21(13)16/h3-11H,1-2H3. The Morgan fingerprint density at radius 2 is 1.65 bits per heavy atom. The van der Waals surface area contributed by atoms with Crippen LogP contribution in [0.2, 0.25) is 0 Å². The summed E-state index contributed by atoms with van der Waals surface area (Å²) in [6, 6.07) is 8.19. The molecule has 3 heteroatoms. The van der Waals surface area contributed by atoms with Gasteiger partial charge in [0, 0.05) is 32.2 Å². The van der Waals surface area contributed by atoms with Gasteiger partial charge >= 0.3 is 0 Å². The summed E-state index contributed by atoms with van der Waals surface area (Å²) >= 11 is 3.51. The zero-order valence-electron chi connectivity index (χ0n) is 14.4. The van der Waals surface area contributed by atoms with E-state index in [0.29, 0.717) is 11.1 Å². The van der Waals surface area contributed by atoms with Crippen molar-refractivity contribution in [1.82, 2.24) is 0 Å². The van der Waals surface area contributed by atoms with Gasteiger partial charge in [-0.25, -0.2) is 0 Å². The lowest BCUT2D eigenvalue weighted by Gasteiger charge is -2.37. The zero-order chi connectivity index (χ0) is 18.2. The highest BCUT2D eigenvalue weighted by Crippen LogP contribution is 2.50. The second-order valence-corrected chi connectivity index (χ2v) is 8.32. The van der Waals surface area contributed by atoms with Crippen LogP contribution in [-0.2, 0) is 15.0 Å². The maximum atomic E-state index is 13.3. The minimum Gasteiger partial charge on any atom is -0.289 e. The fraction of sp³-hybridized carbons (Fsp3) is 0.130. The quantitative estimate of drug-likeness (QED) is 0.618. The maximum absolute atomic E-state index is 13.3. The average molecular weight is 403 g/mol. The molecule has 0 saturated carbocycles. The lowest BCUT2D eigenvalue weighted by atomic mass is 9.65. The number of rotatable bonds is 0. The van der Waals surface area contributed by atoms with E-state index in [-0.39, 0.29) is 17.0 Å². The van der Waals surface area contributed by atoms with Gasteiger partial charge in [0.2, 0.25) is 0 Å². The Morgan fingerprint density at radius 3 is 2.46 bits per heavy atom. The van der Waals surface area contributed by atoms with Crippen molar-refractivity contribution in [2.45, 2.75) is 19.3 Å². The second kappa shape index (κ2) is 5.01. The first kappa shape index (κ1) is 15.7. The number of carbonyl (C=O) groups is 2. The first-order valence-corrected chi connectivity index (χ1v) is 9.36. The summed E-state index contributed by atoms with van der Waals surface area (Å²) in [5.74, 6) is -0.0434. The number of carbonyl (C=O) groups excluding carboxylic acids is 2. The summed E-state index contributed by atoms with van der Waals surface area (Å²) in [6.45, 7) is 4.28. The lowest BCUT2D eigenvalue weighted by molar-refractivity contribution is -0.112. The Labute approximate surface area is 160 Å². The zero-order valence-corrected chi connectivity index (χ0v) is 16.0. The number of hydrogen-bond acceptors (Lipinski definition) is 2. The van der Waals surface area contributed by atoms with E-state index in [4.69, 9.17) is 0 Å². The predicted octanol–water partition coefficient (Wildman–Crippen LogP) is 4.89. The molecule has 0 fully saturated rings. The summed E-state index contributed by atoms with van der Waals surface area (Å²) in [7, 11) is 0. The molecule has 1 aromatic carbocycles. The third kappa shape index (κ3) is 1.87. The fourth-order valence-electron chi connectivity index (χ4n) is 4.33. The normalized spacial score (nSPS) is 22.3. The van der Waals surface area contributed by atoms with Crippen molar-refractivity contribution in [3.8, 4) is 0 Å². The van der Waals surface area contributed by atoms with Crippen molar-refractivity contribution in [3.05, 3.63) is 97.6 Å². The van der Waals surface area contributed by atoms with E-state index in [1.165, 1.54) is 5.56 Å². The molecule has 0 aliphatic heterocycles. The van der Waals surface area contributed by atoms with E-state index in [1.807, 2.05) is 24.3 Å². The summed E-state index contributed by atoms with van der Waals surface area (Å²) in [5, 5.41) is 0. The Hall–Kier alpha value is -2.52. The molecule has 0 heterocycles. The largest absolute Gasteiger partial charge is 0.289 e. The van der Waals surface area contributed by atoms with Crippen LogP contribution in [0.15, 0.2) is 86.5 Å². The van der Waals surface area contributed by atoms with Gasteiger partial charge in [-0.3, -0.25) is 9.59 Å². The first-order chi connectivity index (χ1) is 12.4. The molecule has 0 amide bonds. The van der Waals surface area contributed by atoms with Crippen LogP contribution in [0.5, 0.6) is 0 Å². The molecule has 4 aliphatic rings. The molecular formula is C23H15BrO2. The molecular weight excluding hydrogens is 388 g/mol. The number of allylic oxidation sites excluding steroid dienone is 11. The minimum atomic E-state index is -0.299. The Morgan fingerprint density at radius 1 is 0.885 bits per heavy atom. The molecule has 0 radical (unpaired) electrons. The third-order valence-electron chi connectivity index (χ3n) is 5.68. The Bertz CT molecular complexity index is 1130. The van der Waals surface area contributed by atoms with Crippen LogP contribution in [0.1, 0.15) is 25.0 Å². The smallest absolute Gasteiger partial charge is 0.194 e. The van der Waals surface area contributed by atoms with Gasteiger partial charge in [0.1, 0.15) is 0 Å². The van der Waals surface area contributed by atoms with Gasteiger partial charge in [0.05, 0.1) is 0 Å². The van der Waals surface area contributed by atoms with Gasteiger partial charge in [0.25, 0.3) is 0 Å². The highest BCUT2D eigenvalue weighted by atomic mass is 79.9. The van der Waals surface area contributed by atoms with E-state index >= 15 is 0 Å². The van der Waals surface area contributed by atoms with E-state index in [2.05, 4.69) is 48.0 Å². The predicted molar refractivity (Wildman–Crippen MR) is 106 cm³/mol. The van der Waals surface area contributed by atoms with Crippen LogP contribution in [0.3, 0.4) is 0 Å². The molecule has 26 heavy (non-hydrogen) atoms. The first-order valence-electron chi connectivity index (χ1n) is 8.57. The molecule has 4 aliphatic carbocycles. The van der Waals surface area contributed by atoms with E-state index in [0.717, 1.165) is 32.3 Å². The van der Waals surface area contributed by atoms with Crippen LogP contribution in [0.4, 0.5) is 0 Å². The van der Waals surface area contributed by atoms with Crippen molar-refractivity contribution < 1.29 is 9.59 Å². The monoisotopic (exact) mass is 402 g/mol. The summed E-state index contributed by atoms with van der Waals surface area (Å²) < 4.78 is 0.840. The number of Topliss-reactive ketones (excluding diaryl/α,β-unsaturated/α-hetero) is 1. The molecule has 2 nitrogen and oxygen atoms in total. The SMILES string of the molecule is CC1(C)C2=CC3=C4C(=O)C=CC(Br)=C4C=C3C(=O)C2=Cc2ccccc21. The fourth-order valence-corrected chi connectivity index (χ4v) is 4.77. The third-order valence-corrected chi connectivity index (χ3v) is 6.37. The van der Waals surface area contributed by atoms with Gasteiger partial charge in [-0.1, -0.05) is 54.0 Å². The number of benzene rings is 1. The van der Waals surface area contributed by atoms with Gasteiger partial charge < -0.3 is 0 Å². The van der Waals surface area contributed by atoms with E-state index in [9.17, 15) is 9.59 Å². The maximum Gasteiger partial charge on any atom is 0.194 e. The van der Waals surface area contributed by atoms with Gasteiger partial charge in [-0.2, -0.15) is 0 Å². The lowest BCUT2D eigenvalue weighted by Crippen LogP contribution is -2.31. The average Bonchev–Trinajstić information content (AvgIpc) is 3.01. The van der Waals surface area contributed by atoms with Crippen LogP contribution in [0.25, 0.3) is 6.08 Å². The second-order valence-electron chi connectivity index (χ2n) is 7.46. The van der Waals surface area contributed by atoms with Crippen molar-refractivity contribution in [1.29, 1.82) is 0 Å². The highest BCUT2D eigenvalue weighted by molar-refractivity contribution is 9.11. The topological polar surface area (TPSA) is 34.1 Å². The van der Waals surface area contributed by atoms with Crippen LogP contribution < -0.4 is 0 Å². The number of hydrogen-bond donors (Lipinski definition) is 0. The Kier molecular flexibility index (Phi) is 3.03. The molecule has 1 aromatic rings. The van der Waals surface area contributed by atoms with Crippen molar-refractivity contribution in [3.63, 3.8) is 0 Å². The number of halogens is 1. The van der Waals surface area contributed by atoms with E-state index in [1.54, 1.807) is 12.2 Å². The molecule has 0 N–H and O–H groups in total. The molecule has 126 valence electrons. The van der Waals surface area contributed by atoms with Gasteiger partial charge in [-0.15, -0.1) is 0 Å². The van der Waals surface area contributed by atoms with Gasteiger partial charge in [0.15, 0.2) is 11.6 Å². The number of fused-ring (bicyclic) bond motifs is 4. The molecule has 0 unspecified atom stereocenters. The summed E-state index contributed by atoms with van der Waals surface area (Å²) in [4.78, 5) is 25.8. The Balaban J connectivity index is 1.84. The molecule has 0 spiro atoms. The number of ketones is 2. The van der Waals surface area contributed by atoms with E-state index < -0.39 is 0 Å². The summed E-state index contributed by atoms with van der Waals surface area (Å²) in [5.41, 5.74) is 6.53. The van der Waals surface area contributed by atoms with Crippen LogP contribution in [0, 0.1) is 0 Å². The van der Waals surface area contributed by atoms with Gasteiger partial charge in [-0.05, 0) is 52.7 Å². The van der Waals surface area contributed by atoms with Crippen LogP contribution >= 0.6 is 15.9 Å².